The number of unbranched alkanes of at least 4 members (excludes halogenated alkanes) is 1. The van der Waals surface area contributed by atoms with Crippen LogP contribution in [0.5, 0.6) is 0 Å². The molecule has 1 saturated heterocycles. The zero-order valence-corrected chi connectivity index (χ0v) is 15.9. The third-order valence-electron chi connectivity index (χ3n) is 5.71. The molecule has 0 spiro atoms. The molecular formula is C21H29N5O. The van der Waals surface area contributed by atoms with Crippen molar-refractivity contribution < 1.29 is 6.21 Å². The first-order valence-electron chi connectivity index (χ1n) is 10.4. The highest BCUT2D eigenvalue weighted by Gasteiger charge is 2.38. The van der Waals surface area contributed by atoms with Gasteiger partial charge in [-0.25, -0.2) is 0 Å². The van der Waals surface area contributed by atoms with E-state index in [1.54, 1.807) is 0 Å². The number of carbonyl (C=O) groups is 1. The van der Waals surface area contributed by atoms with Crippen LogP contribution in [0.4, 0.5) is 0 Å². The fourth-order valence-corrected chi connectivity index (χ4v) is 4.41. The number of primary amides is 1. The Morgan fingerprint density at radius 3 is 3.11 bits per heavy atom. The summed E-state index contributed by atoms with van der Waals surface area (Å²) in [5, 5.41) is 5.89. The Balaban J connectivity index is 1.73. The second kappa shape index (κ2) is 7.64. The Labute approximate surface area is 161 Å². The Bertz CT molecular complexity index is 892. The Hall–Kier alpha value is -2.47. The van der Waals surface area contributed by atoms with Gasteiger partial charge in [-0.3, -0.25) is 4.79 Å². The molecule has 2 aliphatic rings. The fraction of sp³-hybridized carbons (Fsp3) is 0.476. The van der Waals surface area contributed by atoms with Gasteiger partial charge in [-0.1, -0.05) is 38.0 Å². The lowest BCUT2D eigenvalue weighted by Crippen LogP contribution is -2.53. The molecule has 5 N–H and O–H groups in total. The number of fused-ring (bicyclic) bond motifs is 2. The molecule has 2 aromatic rings. The maximum atomic E-state index is 12.3. The van der Waals surface area contributed by atoms with Crippen LogP contribution in [0, 0.1) is 5.92 Å². The van der Waals surface area contributed by atoms with Crippen molar-refractivity contribution in [2.24, 2.45) is 11.7 Å². The second-order valence-electron chi connectivity index (χ2n) is 7.51. The average molecular weight is 369 g/mol. The topological polar surface area (TPSA) is 86.2 Å². The number of rotatable bonds is 7. The molecule has 6 nitrogen and oxygen atoms in total. The summed E-state index contributed by atoms with van der Waals surface area (Å²) in [6.45, 7) is 4.50. The maximum Gasteiger partial charge on any atom is 0.266 e. The monoisotopic (exact) mass is 368 g/mol. The van der Waals surface area contributed by atoms with Gasteiger partial charge in [0.25, 0.3) is 5.91 Å². The van der Waals surface area contributed by atoms with Crippen molar-refractivity contribution in [2.45, 2.75) is 38.8 Å². The van der Waals surface area contributed by atoms with Crippen molar-refractivity contribution in [1.82, 2.24) is 20.5 Å². The van der Waals surface area contributed by atoms with Gasteiger partial charge < -0.3 is 26.2 Å². The zero-order valence-electron chi connectivity index (χ0n) is 16.9. The van der Waals surface area contributed by atoms with Gasteiger partial charge in [-0.15, -0.1) is 0 Å². The van der Waals surface area contributed by atoms with Gasteiger partial charge >= 0.3 is 0 Å². The van der Waals surface area contributed by atoms with E-state index in [0.29, 0.717) is 12.2 Å². The van der Waals surface area contributed by atoms with Gasteiger partial charge in [0.1, 0.15) is 11.9 Å². The number of carbonyl (C=O) groups excluding carboxylic acids is 1. The van der Waals surface area contributed by atoms with Gasteiger partial charge in [0.15, 0.2) is 1.41 Å². The Morgan fingerprint density at radius 1 is 1.44 bits per heavy atom. The van der Waals surface area contributed by atoms with Gasteiger partial charge in [-0.2, -0.15) is 0 Å². The molecule has 4 rings (SSSR count). The molecule has 0 aliphatic carbocycles. The summed E-state index contributed by atoms with van der Waals surface area (Å²) < 4.78 is 8.51. The van der Waals surface area contributed by atoms with E-state index in [1.807, 2.05) is 6.07 Å². The summed E-state index contributed by atoms with van der Waals surface area (Å²) in [4.78, 5) is 17.9. The second-order valence-corrected chi connectivity index (χ2v) is 7.51. The lowest BCUT2D eigenvalue weighted by molar-refractivity contribution is -0.115. The molecule has 2 unspecified atom stereocenters. The first kappa shape index (κ1) is 16.7. The molecular weight excluding hydrogens is 338 g/mol. The summed E-state index contributed by atoms with van der Waals surface area (Å²) >= 11 is 0. The van der Waals surface area contributed by atoms with E-state index in [2.05, 4.69) is 46.5 Å². The van der Waals surface area contributed by atoms with Gasteiger partial charge in [-0.05, 0) is 24.5 Å². The average Bonchev–Trinajstić information content (AvgIpc) is 3.24. The van der Waals surface area contributed by atoms with Crippen LogP contribution < -0.4 is 16.4 Å². The van der Waals surface area contributed by atoms with Crippen molar-refractivity contribution in [3.05, 3.63) is 47.4 Å². The van der Waals surface area contributed by atoms with E-state index in [9.17, 15) is 4.79 Å². The summed E-state index contributed by atoms with van der Waals surface area (Å²) in [6.07, 6.45) is 5.92. The maximum absolute atomic E-state index is 12.3. The van der Waals surface area contributed by atoms with Crippen LogP contribution in [0.3, 0.4) is 0 Å². The predicted octanol–water partition coefficient (Wildman–Crippen LogP) is 2.05. The summed E-state index contributed by atoms with van der Waals surface area (Å²) in [7, 11) is 0. The molecule has 144 valence electrons. The molecule has 27 heavy (non-hydrogen) atoms. The molecule has 1 amide bonds. The third kappa shape index (κ3) is 3.41. The molecule has 0 radical (unpaired) electrons. The summed E-state index contributed by atoms with van der Waals surface area (Å²) in [6, 6.07) is 8.31. The van der Waals surface area contributed by atoms with Gasteiger partial charge in [0.2, 0.25) is 0 Å². The lowest BCUT2D eigenvalue weighted by Gasteiger charge is -2.36. The van der Waals surface area contributed by atoms with E-state index in [1.165, 1.54) is 16.3 Å². The highest BCUT2D eigenvalue weighted by Crippen LogP contribution is 2.34. The van der Waals surface area contributed by atoms with Crippen LogP contribution in [0.2, 0.25) is 1.41 Å². The minimum Gasteiger partial charge on any atom is -0.364 e. The highest BCUT2D eigenvalue weighted by molar-refractivity contribution is 5.92. The quantitative estimate of drug-likeness (QED) is 0.602. The SMILES string of the molecule is [2H]N1C(C(N)=O)=C(C(CCCC)Cc2c[nH]c3ccccc23)N2CCNCC12. The largest absolute Gasteiger partial charge is 0.364 e. The molecule has 2 atom stereocenters. The van der Waals surface area contributed by atoms with Crippen molar-refractivity contribution in [3.8, 4) is 0 Å². The number of piperazine rings is 1. The normalized spacial score (nSPS) is 21.5. The van der Waals surface area contributed by atoms with Crippen molar-refractivity contribution >= 4 is 16.8 Å². The molecule has 2 aliphatic heterocycles. The number of H-pyrrole nitrogens is 1. The van der Waals surface area contributed by atoms with Crippen molar-refractivity contribution in [2.75, 3.05) is 19.6 Å². The van der Waals surface area contributed by atoms with Crippen LogP contribution in [-0.2, 0) is 11.2 Å². The minimum absolute atomic E-state index is 0.154. The molecule has 0 saturated carbocycles. The van der Waals surface area contributed by atoms with E-state index >= 15 is 0 Å². The van der Waals surface area contributed by atoms with Crippen LogP contribution in [-0.4, -0.2) is 41.6 Å². The number of hydrogen-bond donors (Lipinski definition) is 4. The highest BCUT2D eigenvalue weighted by atomic mass is 16.1. The molecule has 0 bridgehead atoms. The number of nitrogens with zero attached hydrogens (tertiary/aromatic N) is 1. The minimum atomic E-state index is -0.500. The van der Waals surface area contributed by atoms with Crippen LogP contribution >= 0.6 is 0 Å². The molecule has 3 heterocycles. The van der Waals surface area contributed by atoms with Crippen LogP contribution in [0.15, 0.2) is 41.9 Å². The molecule has 6 heteroatoms. The lowest BCUT2D eigenvalue weighted by atomic mass is 9.89. The van der Waals surface area contributed by atoms with E-state index < -0.39 is 5.91 Å². The van der Waals surface area contributed by atoms with E-state index in [4.69, 9.17) is 7.15 Å². The van der Waals surface area contributed by atoms with E-state index in [-0.39, 0.29) is 12.1 Å². The van der Waals surface area contributed by atoms with Crippen LogP contribution in [0.25, 0.3) is 10.9 Å². The Kier molecular flexibility index (Phi) is 4.72. The third-order valence-corrected chi connectivity index (χ3v) is 5.71. The number of amides is 1. The number of para-hydroxylation sites is 1. The fourth-order valence-electron chi connectivity index (χ4n) is 4.41. The predicted molar refractivity (Wildman–Crippen MR) is 108 cm³/mol. The first-order valence-corrected chi connectivity index (χ1v) is 9.96. The van der Waals surface area contributed by atoms with Gasteiger partial charge in [0.05, 0.1) is 0 Å². The molecule has 1 fully saturated rings. The first-order chi connectivity index (χ1) is 13.6. The smallest absolute Gasteiger partial charge is 0.266 e. The number of aromatic nitrogens is 1. The molecule has 1 aromatic heterocycles. The van der Waals surface area contributed by atoms with Crippen LogP contribution in [0.1, 0.15) is 31.7 Å². The summed E-state index contributed by atoms with van der Waals surface area (Å²) in [5.74, 6) is -0.336. The number of allylic oxidation sites excluding steroid dienone is 1. The van der Waals surface area contributed by atoms with Crippen molar-refractivity contribution in [3.63, 3.8) is 0 Å². The number of benzene rings is 1. The standard InChI is InChI=1S/C21H29N5O/c1-2-3-6-14(11-15-12-24-17-8-5-4-7-16(15)17)20-19(21(22)27)25-18-13-23-9-10-26(18)20/h4-5,7-8,12,14,18,23-25H,2-3,6,9-11,13H2,1H3,(H2,22,27)/i/hD. The number of nitrogens with two attached hydrogens (primary N) is 1. The molecule has 1 aromatic carbocycles. The number of nitrogens with one attached hydrogen (secondary N) is 3. The Morgan fingerprint density at radius 2 is 2.30 bits per heavy atom. The van der Waals surface area contributed by atoms with Crippen molar-refractivity contribution in [1.29, 1.82) is 0 Å². The summed E-state index contributed by atoms with van der Waals surface area (Å²) in [5.41, 5.74) is 9.47. The number of hydrogen-bond acceptors (Lipinski definition) is 4. The number of aromatic amines is 1. The van der Waals surface area contributed by atoms with E-state index in [0.717, 1.165) is 50.0 Å². The zero-order chi connectivity index (χ0) is 19.7. The van der Waals surface area contributed by atoms with Gasteiger partial charge in [0, 0.05) is 48.3 Å².